The number of ether oxygens (including phenoxy) is 2. The van der Waals surface area contributed by atoms with Gasteiger partial charge in [0.2, 0.25) is 0 Å². The molecule has 0 aromatic heterocycles. The molecule has 3 unspecified atom stereocenters. The number of rotatable bonds is 11. The minimum Gasteiger partial charge on any atom is -0.460 e. The number of hydrogen-bond acceptors (Lipinski definition) is 6. The quantitative estimate of drug-likeness (QED) is 0.319. The summed E-state index contributed by atoms with van der Waals surface area (Å²) in [5.74, 6) is -0.244. The summed E-state index contributed by atoms with van der Waals surface area (Å²) >= 11 is 0. The summed E-state index contributed by atoms with van der Waals surface area (Å²) in [6.07, 6.45) is 7.90. The Morgan fingerprint density at radius 2 is 1.21 bits per heavy atom. The molecule has 0 amide bonds. The zero-order chi connectivity index (χ0) is 25.1. The van der Waals surface area contributed by atoms with Crippen LogP contribution >= 0.6 is 0 Å². The van der Waals surface area contributed by atoms with Gasteiger partial charge in [0, 0.05) is 30.3 Å². The monoisotopic (exact) mass is 466 g/mol. The summed E-state index contributed by atoms with van der Waals surface area (Å²) in [5.41, 5.74) is -0.388. The van der Waals surface area contributed by atoms with Crippen molar-refractivity contribution in [2.75, 3.05) is 0 Å². The van der Waals surface area contributed by atoms with Crippen molar-refractivity contribution in [1.82, 2.24) is 10.6 Å². The average molecular weight is 467 g/mol. The van der Waals surface area contributed by atoms with E-state index in [1.54, 1.807) is 0 Å². The summed E-state index contributed by atoms with van der Waals surface area (Å²) in [6, 6.07) is 0. The normalized spacial score (nSPS) is 27.8. The highest BCUT2D eigenvalue weighted by atomic mass is 16.6. The Hall–Kier alpha value is -1.14. The van der Waals surface area contributed by atoms with Gasteiger partial charge in [0.15, 0.2) is 0 Å². The van der Waals surface area contributed by atoms with E-state index >= 15 is 0 Å². The van der Waals surface area contributed by atoms with Gasteiger partial charge < -0.3 is 20.1 Å². The zero-order valence-corrected chi connectivity index (χ0v) is 22.7. The van der Waals surface area contributed by atoms with Crippen molar-refractivity contribution >= 4 is 11.9 Å². The first-order valence-corrected chi connectivity index (χ1v) is 13.0. The van der Waals surface area contributed by atoms with Crippen LogP contribution in [-0.2, 0) is 19.1 Å². The molecule has 0 bridgehead atoms. The third-order valence-electron chi connectivity index (χ3n) is 7.27. The molecule has 2 heterocycles. The van der Waals surface area contributed by atoms with Crippen LogP contribution in [-0.4, -0.2) is 46.3 Å². The van der Waals surface area contributed by atoms with Gasteiger partial charge in [-0.15, -0.1) is 0 Å². The van der Waals surface area contributed by atoms with Crippen LogP contribution in [0.5, 0.6) is 0 Å². The van der Waals surface area contributed by atoms with Gasteiger partial charge in [-0.05, 0) is 68.2 Å². The summed E-state index contributed by atoms with van der Waals surface area (Å²) in [5, 5.41) is 7.10. The maximum Gasteiger partial charge on any atom is 0.308 e. The molecule has 6 heteroatoms. The van der Waals surface area contributed by atoms with Crippen LogP contribution in [0.25, 0.3) is 0 Å². The van der Waals surface area contributed by atoms with Gasteiger partial charge in [-0.1, -0.05) is 32.6 Å². The molecule has 3 atom stereocenters. The third-order valence-corrected chi connectivity index (χ3v) is 7.27. The molecule has 2 N–H and O–H groups in total. The largest absolute Gasteiger partial charge is 0.460 e. The van der Waals surface area contributed by atoms with Gasteiger partial charge in [-0.3, -0.25) is 9.59 Å². The van der Waals surface area contributed by atoms with Crippen LogP contribution in [0.2, 0.25) is 0 Å². The van der Waals surface area contributed by atoms with Crippen LogP contribution in [0, 0.1) is 5.92 Å². The van der Waals surface area contributed by atoms with Crippen molar-refractivity contribution < 1.29 is 19.1 Å². The number of hydrogen-bond donors (Lipinski definition) is 2. The first kappa shape index (κ1) is 28.1. The minimum absolute atomic E-state index is 0.00120. The molecule has 192 valence electrons. The Kier molecular flexibility index (Phi) is 9.06. The van der Waals surface area contributed by atoms with E-state index in [4.69, 9.17) is 9.47 Å². The molecule has 0 saturated carbocycles. The highest BCUT2D eigenvalue weighted by molar-refractivity contribution is 5.72. The number of unbranched alkanes of at least 4 members (excludes halogenated alkanes) is 4. The summed E-state index contributed by atoms with van der Waals surface area (Å²) in [4.78, 5) is 24.8. The standard InChI is InChI=1S/C27H50N2O4/c1-19(23(31)33-21-18-25(4,5)29-27(21,8)9)15-13-11-10-12-14-16-22(30)32-20-17-24(2,3)28-26(20,6)7/h19-21,28-29H,10-18H2,1-9H3. The van der Waals surface area contributed by atoms with Crippen molar-refractivity contribution in [2.45, 2.75) is 154 Å². The summed E-state index contributed by atoms with van der Waals surface area (Å²) in [7, 11) is 0. The Labute approximate surface area is 202 Å². The SMILES string of the molecule is CC(CCCCCCCC(=O)OC1CC(C)(C)NC1(C)C)C(=O)OC1CC(C)(C)NC1(C)C. The van der Waals surface area contributed by atoms with Crippen molar-refractivity contribution in [3.05, 3.63) is 0 Å². The molecule has 0 radical (unpaired) electrons. The highest BCUT2D eigenvalue weighted by Gasteiger charge is 2.47. The molecule has 0 aromatic carbocycles. The highest BCUT2D eigenvalue weighted by Crippen LogP contribution is 2.34. The van der Waals surface area contributed by atoms with Gasteiger partial charge >= 0.3 is 11.9 Å². The van der Waals surface area contributed by atoms with E-state index in [0.717, 1.165) is 51.4 Å². The fraction of sp³-hybridized carbons (Fsp3) is 0.926. The Morgan fingerprint density at radius 3 is 1.70 bits per heavy atom. The molecule has 2 aliphatic heterocycles. The van der Waals surface area contributed by atoms with E-state index in [-0.39, 0.29) is 52.2 Å². The topological polar surface area (TPSA) is 76.7 Å². The lowest BCUT2D eigenvalue weighted by atomic mass is 9.96. The van der Waals surface area contributed by atoms with E-state index in [9.17, 15) is 9.59 Å². The van der Waals surface area contributed by atoms with E-state index in [0.29, 0.717) is 6.42 Å². The molecular formula is C27H50N2O4. The van der Waals surface area contributed by atoms with Crippen molar-refractivity contribution in [3.63, 3.8) is 0 Å². The predicted molar refractivity (Wildman–Crippen MR) is 133 cm³/mol. The fourth-order valence-corrected chi connectivity index (χ4v) is 5.66. The van der Waals surface area contributed by atoms with Gasteiger partial charge in [0.1, 0.15) is 12.2 Å². The number of carbonyl (C=O) groups is 2. The second-order valence-corrected chi connectivity index (χ2v) is 13.0. The summed E-state index contributed by atoms with van der Waals surface area (Å²) < 4.78 is 11.6. The van der Waals surface area contributed by atoms with Crippen LogP contribution < -0.4 is 10.6 Å². The van der Waals surface area contributed by atoms with Gasteiger partial charge in [0.25, 0.3) is 0 Å². The van der Waals surface area contributed by atoms with E-state index in [1.807, 2.05) is 6.92 Å². The Bertz CT molecular complexity index is 684. The van der Waals surface area contributed by atoms with Crippen molar-refractivity contribution in [1.29, 1.82) is 0 Å². The first-order chi connectivity index (χ1) is 15.0. The molecule has 2 saturated heterocycles. The lowest BCUT2D eigenvalue weighted by Gasteiger charge is -2.28. The third kappa shape index (κ3) is 8.54. The Morgan fingerprint density at radius 1 is 0.758 bits per heavy atom. The van der Waals surface area contributed by atoms with Crippen LogP contribution in [0.15, 0.2) is 0 Å². The second-order valence-electron chi connectivity index (χ2n) is 13.0. The van der Waals surface area contributed by atoms with Crippen LogP contribution in [0.3, 0.4) is 0 Å². The van der Waals surface area contributed by atoms with E-state index < -0.39 is 0 Å². The molecule has 2 fully saturated rings. The lowest BCUT2D eigenvalue weighted by Crippen LogP contribution is -2.47. The Balaban J connectivity index is 1.56. The molecule has 6 nitrogen and oxygen atoms in total. The smallest absolute Gasteiger partial charge is 0.308 e. The molecule has 2 rings (SSSR count). The predicted octanol–water partition coefficient (Wildman–Crippen LogP) is 5.28. The fourth-order valence-electron chi connectivity index (χ4n) is 5.66. The maximum atomic E-state index is 12.6. The molecule has 0 aliphatic carbocycles. The minimum atomic E-state index is -0.194. The molecule has 2 aliphatic rings. The number of nitrogens with one attached hydrogen (secondary N) is 2. The van der Waals surface area contributed by atoms with E-state index in [2.05, 4.69) is 66.0 Å². The molecule has 0 aromatic rings. The number of carbonyl (C=O) groups excluding carboxylic acids is 2. The lowest BCUT2D eigenvalue weighted by molar-refractivity contribution is -0.156. The molecular weight excluding hydrogens is 416 g/mol. The second kappa shape index (κ2) is 10.6. The van der Waals surface area contributed by atoms with Crippen molar-refractivity contribution in [3.8, 4) is 0 Å². The molecule has 0 spiro atoms. The maximum absolute atomic E-state index is 12.6. The van der Waals surface area contributed by atoms with Crippen molar-refractivity contribution in [2.24, 2.45) is 5.92 Å². The summed E-state index contributed by atoms with van der Waals surface area (Å²) in [6.45, 7) is 19.0. The van der Waals surface area contributed by atoms with Gasteiger partial charge in [-0.25, -0.2) is 0 Å². The zero-order valence-electron chi connectivity index (χ0n) is 22.7. The first-order valence-electron chi connectivity index (χ1n) is 13.0. The van der Waals surface area contributed by atoms with Crippen LogP contribution in [0.4, 0.5) is 0 Å². The average Bonchev–Trinajstić information content (AvgIpc) is 2.97. The molecule has 33 heavy (non-hydrogen) atoms. The number of esters is 2. The van der Waals surface area contributed by atoms with Gasteiger partial charge in [0.05, 0.1) is 17.0 Å². The van der Waals surface area contributed by atoms with Gasteiger partial charge in [-0.2, -0.15) is 0 Å². The van der Waals surface area contributed by atoms with E-state index in [1.165, 1.54) is 0 Å². The van der Waals surface area contributed by atoms with Crippen LogP contribution in [0.1, 0.15) is 120 Å².